The molecule has 0 bridgehead atoms. The van der Waals surface area contributed by atoms with Crippen LogP contribution in [0.3, 0.4) is 0 Å². The molecule has 0 spiro atoms. The Morgan fingerprint density at radius 2 is 1.57 bits per heavy atom. The number of carboxylic acids is 1. The fourth-order valence-electron chi connectivity index (χ4n) is 2.65. The Balaban J connectivity index is 0.000000478. The van der Waals surface area contributed by atoms with Gasteiger partial charge in [-0.3, -0.25) is 4.79 Å². The number of aliphatic hydroxyl groups is 2. The van der Waals surface area contributed by atoms with Gasteiger partial charge in [-0.1, -0.05) is 48.5 Å². The molecule has 2 atom stereocenters. The van der Waals surface area contributed by atoms with Crippen LogP contribution in [-0.4, -0.2) is 34.6 Å². The number of rotatable bonds is 1. The van der Waals surface area contributed by atoms with E-state index in [1.807, 2.05) is 54.6 Å². The number of benzene rings is 2. The summed E-state index contributed by atoms with van der Waals surface area (Å²) in [4.78, 5) is 10.7. The van der Waals surface area contributed by atoms with Crippen LogP contribution in [0.4, 0.5) is 5.69 Å². The minimum atomic E-state index is -1.37. The van der Waals surface area contributed by atoms with E-state index < -0.39 is 17.8 Å². The predicted octanol–water partition coefficient (Wildman–Crippen LogP) is 1.78. The Bertz CT molecular complexity index is 661. The van der Waals surface area contributed by atoms with Gasteiger partial charge in [-0.05, 0) is 11.6 Å². The van der Waals surface area contributed by atoms with Crippen molar-refractivity contribution in [1.82, 2.24) is 0 Å². The molecule has 1 aliphatic rings. The van der Waals surface area contributed by atoms with E-state index in [9.17, 15) is 10.2 Å². The molecule has 1 heterocycles. The summed E-state index contributed by atoms with van der Waals surface area (Å²) in [5.74, 6) is -0.833. The topological polar surface area (TPSA) is 81.0 Å². The maximum absolute atomic E-state index is 11.0. The summed E-state index contributed by atoms with van der Waals surface area (Å²) in [6, 6.07) is 16.8. The zero-order chi connectivity index (χ0) is 16.3. The molecule has 0 fully saturated rings. The summed E-state index contributed by atoms with van der Waals surface area (Å²) in [6.07, 6.45) is -0.975. The van der Waals surface area contributed by atoms with Gasteiger partial charge in [0.15, 0.2) is 11.8 Å². The first-order chi connectivity index (χ1) is 10.4. The number of carboxylic acid groups (broad SMARTS) is 1. The minimum Gasteiger partial charge on any atom is -0.481 e. The summed E-state index contributed by atoms with van der Waals surface area (Å²) < 4.78 is 0. The van der Waals surface area contributed by atoms with Gasteiger partial charge in [0.05, 0.1) is 0 Å². The van der Waals surface area contributed by atoms with Gasteiger partial charge in [-0.15, -0.1) is 0 Å². The molecule has 0 saturated heterocycles. The van der Waals surface area contributed by atoms with Gasteiger partial charge < -0.3 is 20.2 Å². The van der Waals surface area contributed by atoms with Gasteiger partial charge in [-0.2, -0.15) is 0 Å². The van der Waals surface area contributed by atoms with E-state index in [4.69, 9.17) is 9.90 Å². The Morgan fingerprint density at radius 1 is 1.09 bits per heavy atom. The third-order valence-corrected chi connectivity index (χ3v) is 3.65. The van der Waals surface area contributed by atoms with Crippen LogP contribution in [0.5, 0.6) is 0 Å². The molecule has 0 amide bonds. The minimum absolute atomic E-state index is 0. The van der Waals surface area contributed by atoms with E-state index in [0.29, 0.717) is 5.56 Å². The molecule has 2 aromatic carbocycles. The maximum Gasteiger partial charge on any atom is 0.300 e. The zero-order valence-electron chi connectivity index (χ0n) is 12.8. The second-order valence-corrected chi connectivity index (χ2v) is 5.15. The van der Waals surface area contributed by atoms with Crippen molar-refractivity contribution in [3.63, 3.8) is 0 Å². The maximum atomic E-state index is 11.0. The molecule has 2 unspecified atom stereocenters. The first kappa shape index (κ1) is 19.3. The van der Waals surface area contributed by atoms with Gasteiger partial charge in [-0.25, -0.2) is 0 Å². The van der Waals surface area contributed by atoms with Crippen LogP contribution in [0.25, 0.3) is 0 Å². The summed E-state index contributed by atoms with van der Waals surface area (Å²) >= 11 is 0. The molecule has 0 aromatic heterocycles. The van der Waals surface area contributed by atoms with Crippen LogP contribution >= 0.6 is 0 Å². The third kappa shape index (κ3) is 3.62. The molecule has 2 aromatic rings. The number of likely N-dealkylation sites (N-methyl/N-ethyl adjacent to an activating group) is 1. The van der Waals surface area contributed by atoms with Gasteiger partial charge in [0.1, 0.15) is 0 Å². The second-order valence-electron chi connectivity index (χ2n) is 5.15. The van der Waals surface area contributed by atoms with E-state index in [1.165, 1.54) is 0 Å². The Hall–Kier alpha value is -1.71. The van der Waals surface area contributed by atoms with Crippen LogP contribution in [0.15, 0.2) is 54.6 Å². The molecule has 3 N–H and O–H groups in total. The number of fused-ring (bicyclic) bond motifs is 1. The molecule has 1 aliphatic heterocycles. The summed E-state index contributed by atoms with van der Waals surface area (Å²) in [5.41, 5.74) is 0.934. The van der Waals surface area contributed by atoms with Gasteiger partial charge in [0.2, 0.25) is 0 Å². The van der Waals surface area contributed by atoms with E-state index in [0.717, 1.165) is 18.2 Å². The third-order valence-electron chi connectivity index (χ3n) is 3.65. The number of hydrogen-bond donors (Lipinski definition) is 3. The van der Waals surface area contributed by atoms with Gasteiger partial charge in [0, 0.05) is 45.6 Å². The van der Waals surface area contributed by atoms with Crippen LogP contribution < -0.4 is 4.90 Å². The number of para-hydroxylation sites is 1. The largest absolute Gasteiger partial charge is 0.481 e. The predicted molar refractivity (Wildman–Crippen MR) is 83.6 cm³/mol. The van der Waals surface area contributed by atoms with Crippen molar-refractivity contribution in [3.8, 4) is 0 Å². The number of hydrogen-bond acceptors (Lipinski definition) is 4. The molecule has 23 heavy (non-hydrogen) atoms. The molecule has 5 nitrogen and oxygen atoms in total. The summed E-state index contributed by atoms with van der Waals surface area (Å²) in [5, 5.41) is 28.7. The first-order valence-corrected chi connectivity index (χ1v) is 6.87. The molecular weight excluding hydrogens is 389 g/mol. The van der Waals surface area contributed by atoms with Crippen molar-refractivity contribution in [2.45, 2.75) is 18.8 Å². The van der Waals surface area contributed by atoms with Crippen LogP contribution in [0.2, 0.25) is 0 Å². The van der Waals surface area contributed by atoms with E-state index >= 15 is 0 Å². The van der Waals surface area contributed by atoms with Crippen molar-refractivity contribution in [2.24, 2.45) is 0 Å². The normalized spacial score (nSPS) is 21.6. The molecule has 0 aliphatic carbocycles. The summed E-state index contributed by atoms with van der Waals surface area (Å²) in [7, 11) is 1.78. The van der Waals surface area contributed by atoms with E-state index in [2.05, 4.69) is 0 Å². The van der Waals surface area contributed by atoms with Crippen molar-refractivity contribution < 1.29 is 40.5 Å². The van der Waals surface area contributed by atoms with Crippen LogP contribution in [-0.2, 0) is 30.8 Å². The number of aliphatic hydroxyl groups excluding tert-OH is 1. The summed E-state index contributed by atoms with van der Waals surface area (Å²) in [6.45, 7) is 1.08. The number of carbonyl (C=O) groups is 1. The second kappa shape index (κ2) is 7.71. The monoisotopic (exact) mass is 407 g/mol. The average Bonchev–Trinajstić information content (AvgIpc) is 2.71. The Labute approximate surface area is 148 Å². The molecule has 126 valence electrons. The fourth-order valence-corrected chi connectivity index (χ4v) is 2.65. The molecule has 6 heteroatoms. The van der Waals surface area contributed by atoms with Gasteiger partial charge >= 0.3 is 0 Å². The fraction of sp³-hybridized carbons (Fsp3) is 0.235. The van der Waals surface area contributed by atoms with Crippen molar-refractivity contribution in [2.75, 3.05) is 11.9 Å². The number of anilines is 1. The average molecular weight is 408 g/mol. The Morgan fingerprint density at radius 3 is 2.13 bits per heavy atom. The molecule has 3 rings (SSSR count). The van der Waals surface area contributed by atoms with Crippen LogP contribution in [0, 0.1) is 0 Å². The SMILES string of the molecule is CC(=O)O.CN1c2ccccc2C(O)(c2ccccc2)C1O.[Pd]. The standard InChI is InChI=1S/C15H15NO2.C2H4O2.Pd/c1-16-13-10-6-5-9-12(13)15(18,14(16)17)11-7-3-2-4-8-11;1-2(3)4;/h2-10,14,17-18H,1H3;1H3,(H,3,4);. The smallest absolute Gasteiger partial charge is 0.300 e. The van der Waals surface area contributed by atoms with Crippen molar-refractivity contribution in [1.29, 1.82) is 0 Å². The van der Waals surface area contributed by atoms with Crippen molar-refractivity contribution in [3.05, 3.63) is 65.7 Å². The van der Waals surface area contributed by atoms with Crippen LogP contribution in [0.1, 0.15) is 18.1 Å². The van der Waals surface area contributed by atoms with E-state index in [-0.39, 0.29) is 20.4 Å². The van der Waals surface area contributed by atoms with Gasteiger partial charge in [0.25, 0.3) is 5.97 Å². The zero-order valence-corrected chi connectivity index (χ0v) is 14.3. The Kier molecular flexibility index (Phi) is 6.49. The number of aliphatic carboxylic acids is 1. The van der Waals surface area contributed by atoms with Crippen molar-refractivity contribution >= 4 is 11.7 Å². The molecular formula is C17H19NO4Pd. The molecule has 0 saturated carbocycles. The van der Waals surface area contributed by atoms with E-state index in [1.54, 1.807) is 11.9 Å². The number of nitrogens with zero attached hydrogens (tertiary/aromatic N) is 1. The quantitative estimate of drug-likeness (QED) is 0.628. The first-order valence-electron chi connectivity index (χ1n) is 6.87. The molecule has 0 radical (unpaired) electrons.